The standard InChI is InChI=1S/C15H8Cl2N2/c16-14-3-1-10(8-18)12(6-14)5-13-7-15(17)4-2-11(13)9-19/h1-4,6-7H,5H2. The maximum absolute atomic E-state index is 9.08. The summed E-state index contributed by atoms with van der Waals surface area (Å²) in [5.74, 6) is 0. The molecule has 0 aliphatic rings. The fourth-order valence-corrected chi connectivity index (χ4v) is 2.23. The monoisotopic (exact) mass is 286 g/mol. The number of rotatable bonds is 2. The molecule has 0 N–H and O–H groups in total. The topological polar surface area (TPSA) is 47.6 Å². The third kappa shape index (κ3) is 3.06. The van der Waals surface area contributed by atoms with Gasteiger partial charge in [0, 0.05) is 16.5 Å². The zero-order chi connectivity index (χ0) is 13.8. The van der Waals surface area contributed by atoms with Crippen molar-refractivity contribution in [2.24, 2.45) is 0 Å². The smallest absolute Gasteiger partial charge is 0.0994 e. The molecule has 0 bridgehead atoms. The van der Waals surface area contributed by atoms with Crippen molar-refractivity contribution in [2.75, 3.05) is 0 Å². The maximum Gasteiger partial charge on any atom is 0.0994 e. The van der Waals surface area contributed by atoms with E-state index in [1.807, 2.05) is 0 Å². The molecule has 0 fully saturated rings. The summed E-state index contributed by atoms with van der Waals surface area (Å²) in [5.41, 5.74) is 2.67. The molecule has 2 aromatic carbocycles. The molecule has 0 amide bonds. The average Bonchev–Trinajstić information content (AvgIpc) is 2.39. The van der Waals surface area contributed by atoms with E-state index in [4.69, 9.17) is 33.7 Å². The average molecular weight is 287 g/mol. The first-order valence-electron chi connectivity index (χ1n) is 5.51. The van der Waals surface area contributed by atoms with Crippen molar-refractivity contribution in [3.63, 3.8) is 0 Å². The minimum Gasteiger partial charge on any atom is -0.192 e. The Bertz CT molecular complexity index is 648. The molecule has 0 aliphatic carbocycles. The van der Waals surface area contributed by atoms with Crippen LogP contribution in [0.2, 0.25) is 10.0 Å². The molecule has 2 nitrogen and oxygen atoms in total. The molecule has 0 atom stereocenters. The van der Waals surface area contributed by atoms with Gasteiger partial charge in [-0.05, 0) is 47.5 Å². The van der Waals surface area contributed by atoms with Gasteiger partial charge in [-0.3, -0.25) is 0 Å². The molecule has 0 aromatic heterocycles. The summed E-state index contributed by atoms with van der Waals surface area (Å²) in [6.45, 7) is 0. The highest BCUT2D eigenvalue weighted by molar-refractivity contribution is 6.31. The summed E-state index contributed by atoms with van der Waals surface area (Å²) in [7, 11) is 0. The number of halogens is 2. The van der Waals surface area contributed by atoms with E-state index >= 15 is 0 Å². The predicted molar refractivity (Wildman–Crippen MR) is 75.1 cm³/mol. The molecule has 0 aliphatic heterocycles. The molecule has 0 saturated heterocycles. The lowest BCUT2D eigenvalue weighted by Crippen LogP contribution is -1.96. The first-order chi connectivity index (χ1) is 9.13. The number of benzene rings is 2. The number of nitrogens with zero attached hydrogens (tertiary/aromatic N) is 2. The highest BCUT2D eigenvalue weighted by Crippen LogP contribution is 2.23. The molecule has 0 heterocycles. The first kappa shape index (κ1) is 13.4. The van der Waals surface area contributed by atoms with Crippen LogP contribution in [0.25, 0.3) is 0 Å². The van der Waals surface area contributed by atoms with E-state index in [0.717, 1.165) is 11.1 Å². The number of hydrogen-bond donors (Lipinski definition) is 0. The Hall–Kier alpha value is -2.00. The first-order valence-corrected chi connectivity index (χ1v) is 6.26. The van der Waals surface area contributed by atoms with Crippen LogP contribution in [-0.2, 0) is 6.42 Å². The van der Waals surface area contributed by atoms with Crippen molar-refractivity contribution in [2.45, 2.75) is 6.42 Å². The second kappa shape index (κ2) is 5.76. The third-order valence-corrected chi connectivity index (χ3v) is 3.23. The molecule has 2 rings (SSSR count). The molecule has 92 valence electrons. The van der Waals surface area contributed by atoms with E-state index in [2.05, 4.69) is 12.1 Å². The minimum absolute atomic E-state index is 0.451. The Labute approximate surface area is 121 Å². The van der Waals surface area contributed by atoms with E-state index in [1.165, 1.54) is 0 Å². The summed E-state index contributed by atoms with van der Waals surface area (Å²) in [4.78, 5) is 0. The zero-order valence-electron chi connectivity index (χ0n) is 9.82. The van der Waals surface area contributed by atoms with Gasteiger partial charge in [0.25, 0.3) is 0 Å². The highest BCUT2D eigenvalue weighted by atomic mass is 35.5. The van der Waals surface area contributed by atoms with Crippen molar-refractivity contribution in [1.82, 2.24) is 0 Å². The minimum atomic E-state index is 0.451. The lowest BCUT2D eigenvalue weighted by Gasteiger charge is -2.07. The van der Waals surface area contributed by atoms with Gasteiger partial charge in [-0.15, -0.1) is 0 Å². The van der Waals surface area contributed by atoms with Crippen molar-refractivity contribution in [1.29, 1.82) is 10.5 Å². The Balaban J connectivity index is 2.48. The maximum atomic E-state index is 9.08. The molecular formula is C15H8Cl2N2. The van der Waals surface area contributed by atoms with Gasteiger partial charge >= 0.3 is 0 Å². The highest BCUT2D eigenvalue weighted by Gasteiger charge is 2.08. The van der Waals surface area contributed by atoms with E-state index in [-0.39, 0.29) is 0 Å². The second-order valence-corrected chi connectivity index (χ2v) is 4.88. The van der Waals surface area contributed by atoms with Crippen LogP contribution in [0.3, 0.4) is 0 Å². The molecule has 0 unspecified atom stereocenters. The fourth-order valence-electron chi connectivity index (χ4n) is 1.84. The summed E-state index contributed by atoms with van der Waals surface area (Å²) < 4.78 is 0. The second-order valence-electron chi connectivity index (χ2n) is 4.00. The van der Waals surface area contributed by atoms with Crippen LogP contribution < -0.4 is 0 Å². The van der Waals surface area contributed by atoms with Crippen LogP contribution >= 0.6 is 23.2 Å². The molecule has 19 heavy (non-hydrogen) atoms. The fraction of sp³-hybridized carbons (Fsp3) is 0.0667. The van der Waals surface area contributed by atoms with Crippen molar-refractivity contribution in [3.05, 3.63) is 68.7 Å². The lowest BCUT2D eigenvalue weighted by atomic mass is 9.97. The van der Waals surface area contributed by atoms with Crippen LogP contribution in [0, 0.1) is 22.7 Å². The summed E-state index contributed by atoms with van der Waals surface area (Å²) in [6.07, 6.45) is 0.451. The van der Waals surface area contributed by atoms with Gasteiger partial charge < -0.3 is 0 Å². The van der Waals surface area contributed by atoms with E-state index < -0.39 is 0 Å². The predicted octanol–water partition coefficient (Wildman–Crippen LogP) is 4.33. The molecule has 2 aromatic rings. The largest absolute Gasteiger partial charge is 0.192 e. The van der Waals surface area contributed by atoms with E-state index in [1.54, 1.807) is 36.4 Å². The van der Waals surface area contributed by atoms with Gasteiger partial charge in [0.2, 0.25) is 0 Å². The third-order valence-electron chi connectivity index (χ3n) is 2.76. The van der Waals surface area contributed by atoms with Gasteiger partial charge in [-0.2, -0.15) is 10.5 Å². The lowest BCUT2D eigenvalue weighted by molar-refractivity contribution is 1.16. The van der Waals surface area contributed by atoms with Gasteiger partial charge in [0.1, 0.15) is 0 Å². The number of hydrogen-bond acceptors (Lipinski definition) is 2. The van der Waals surface area contributed by atoms with Gasteiger partial charge in [0.15, 0.2) is 0 Å². The summed E-state index contributed by atoms with van der Waals surface area (Å²) in [5, 5.41) is 19.3. The van der Waals surface area contributed by atoms with Gasteiger partial charge in [-0.1, -0.05) is 23.2 Å². The number of nitriles is 2. The van der Waals surface area contributed by atoms with Crippen molar-refractivity contribution >= 4 is 23.2 Å². The van der Waals surface area contributed by atoms with E-state index in [0.29, 0.717) is 27.6 Å². The normalized spacial score (nSPS) is 9.68. The van der Waals surface area contributed by atoms with Crippen LogP contribution in [0.5, 0.6) is 0 Å². The van der Waals surface area contributed by atoms with Crippen LogP contribution in [0.1, 0.15) is 22.3 Å². The molecule has 4 heteroatoms. The molecule has 0 spiro atoms. The van der Waals surface area contributed by atoms with Crippen LogP contribution in [0.4, 0.5) is 0 Å². The SMILES string of the molecule is N#Cc1ccc(Cl)cc1Cc1cc(Cl)ccc1C#N. The quantitative estimate of drug-likeness (QED) is 0.825. The summed E-state index contributed by atoms with van der Waals surface area (Å²) >= 11 is 11.9. The van der Waals surface area contributed by atoms with Crippen molar-refractivity contribution in [3.8, 4) is 12.1 Å². The van der Waals surface area contributed by atoms with E-state index in [9.17, 15) is 0 Å². The summed E-state index contributed by atoms with van der Waals surface area (Å²) in [6, 6.07) is 14.4. The Morgan fingerprint density at radius 1 is 0.789 bits per heavy atom. The van der Waals surface area contributed by atoms with Gasteiger partial charge in [-0.25, -0.2) is 0 Å². The Morgan fingerprint density at radius 3 is 1.58 bits per heavy atom. The Kier molecular flexibility index (Phi) is 4.07. The van der Waals surface area contributed by atoms with Crippen molar-refractivity contribution < 1.29 is 0 Å². The Morgan fingerprint density at radius 2 is 1.21 bits per heavy atom. The van der Waals surface area contributed by atoms with Crippen LogP contribution in [0.15, 0.2) is 36.4 Å². The molecule has 0 radical (unpaired) electrons. The van der Waals surface area contributed by atoms with Gasteiger partial charge in [0.05, 0.1) is 23.3 Å². The van der Waals surface area contributed by atoms with Crippen LogP contribution in [-0.4, -0.2) is 0 Å². The zero-order valence-corrected chi connectivity index (χ0v) is 11.3. The molecule has 0 saturated carbocycles. The molecular weight excluding hydrogens is 279 g/mol.